The van der Waals surface area contributed by atoms with Gasteiger partial charge in [-0.3, -0.25) is 24.1 Å². The van der Waals surface area contributed by atoms with Gasteiger partial charge in [-0.1, -0.05) is 13.3 Å². The third-order valence-electron chi connectivity index (χ3n) is 9.29. The first kappa shape index (κ1) is 32.2. The number of carbonyl (C=O) groups is 3. The molecule has 0 bridgehead atoms. The van der Waals surface area contributed by atoms with Crippen LogP contribution < -0.4 is 15.8 Å². The molecule has 3 amide bonds. The number of pyridine rings is 2. The number of hydrogen-bond acceptors (Lipinski definition) is 7. The minimum absolute atomic E-state index is 0.115. The number of nitrogens with zero attached hydrogens (tertiary/aromatic N) is 5. The molecular formula is C36H43N7O4. The first-order chi connectivity index (χ1) is 22.7. The fourth-order valence-corrected chi connectivity index (χ4v) is 6.63. The number of hydrogen-bond donors (Lipinski definition) is 2. The number of likely N-dealkylation sites (N-methyl/N-ethyl adjacent to an activating group) is 1. The van der Waals surface area contributed by atoms with Crippen LogP contribution in [0.1, 0.15) is 59.8 Å². The largest absolute Gasteiger partial charge is 0.354 e. The van der Waals surface area contributed by atoms with Gasteiger partial charge in [0.25, 0.3) is 11.5 Å². The van der Waals surface area contributed by atoms with Crippen LogP contribution in [0.25, 0.3) is 22.0 Å². The molecule has 2 fully saturated rings. The van der Waals surface area contributed by atoms with Gasteiger partial charge in [0.05, 0.1) is 0 Å². The summed E-state index contributed by atoms with van der Waals surface area (Å²) in [6, 6.07) is 11.9. The maximum absolute atomic E-state index is 13.9. The first-order valence-corrected chi connectivity index (χ1v) is 16.6. The summed E-state index contributed by atoms with van der Waals surface area (Å²) in [5, 5.41) is 3.81. The molecule has 0 spiro atoms. The van der Waals surface area contributed by atoms with Gasteiger partial charge in [-0.2, -0.15) is 0 Å². The molecule has 3 aromatic heterocycles. The van der Waals surface area contributed by atoms with Gasteiger partial charge in [0.1, 0.15) is 5.82 Å². The Morgan fingerprint density at radius 1 is 0.957 bits per heavy atom. The van der Waals surface area contributed by atoms with Crippen molar-refractivity contribution in [3.63, 3.8) is 0 Å². The Hall–Kier alpha value is -4.77. The Bertz CT molecular complexity index is 1840. The molecule has 6 rings (SSSR count). The number of aryl methyl sites for hydroxylation is 3. The minimum Gasteiger partial charge on any atom is -0.354 e. The highest BCUT2D eigenvalue weighted by molar-refractivity contribution is 6.08. The van der Waals surface area contributed by atoms with Gasteiger partial charge in [-0.15, -0.1) is 0 Å². The van der Waals surface area contributed by atoms with Gasteiger partial charge >= 0.3 is 0 Å². The van der Waals surface area contributed by atoms with Crippen LogP contribution in [0.5, 0.6) is 0 Å². The number of aromatic amines is 1. The Morgan fingerprint density at radius 3 is 2.43 bits per heavy atom. The van der Waals surface area contributed by atoms with E-state index in [9.17, 15) is 19.2 Å². The van der Waals surface area contributed by atoms with Crippen LogP contribution in [0, 0.1) is 6.92 Å². The second-order valence-electron chi connectivity index (χ2n) is 12.7. The van der Waals surface area contributed by atoms with E-state index in [0.717, 1.165) is 78.1 Å². The van der Waals surface area contributed by atoms with Gasteiger partial charge in [-0.25, -0.2) is 4.98 Å². The summed E-state index contributed by atoms with van der Waals surface area (Å²) < 4.78 is 2.07. The predicted octanol–water partition coefficient (Wildman–Crippen LogP) is 3.87. The number of amides is 3. The van der Waals surface area contributed by atoms with Crippen molar-refractivity contribution < 1.29 is 14.4 Å². The van der Waals surface area contributed by atoms with Gasteiger partial charge < -0.3 is 24.7 Å². The third kappa shape index (κ3) is 7.00. The lowest BCUT2D eigenvalue weighted by atomic mass is 10.00. The summed E-state index contributed by atoms with van der Waals surface area (Å²) >= 11 is 0. The topological polar surface area (TPSA) is 124 Å². The number of anilines is 1. The Morgan fingerprint density at radius 2 is 1.72 bits per heavy atom. The molecule has 11 heteroatoms. The van der Waals surface area contributed by atoms with Crippen molar-refractivity contribution >= 4 is 34.4 Å². The van der Waals surface area contributed by atoms with Crippen LogP contribution in [0.2, 0.25) is 0 Å². The standard InChI is InChI=1S/C36H43N7O4/c1-4-6-25-19-24(2)39-36(47)30(25)23-38-35(46)29-20-27(26-7-8-32(37-22-26)42-17-15-40(3)16-18-42)21-31-28(29)11-14-41(31)12-5-13-43-33(44)9-10-34(43)45/h7-8,11,14,19-22H,4-6,9-10,12-13,15-18,23H2,1-3H3,(H,38,46)(H,39,47). The average Bonchev–Trinajstić information content (AvgIpc) is 3.62. The zero-order valence-electron chi connectivity index (χ0n) is 27.5. The monoisotopic (exact) mass is 637 g/mol. The van der Waals surface area contributed by atoms with Crippen LogP contribution in [0.15, 0.2) is 53.6 Å². The molecule has 2 aliphatic rings. The Labute approximate surface area is 274 Å². The zero-order chi connectivity index (χ0) is 33.1. The molecule has 0 radical (unpaired) electrons. The van der Waals surface area contributed by atoms with Gasteiger partial charge in [0.15, 0.2) is 0 Å². The van der Waals surface area contributed by atoms with E-state index in [0.29, 0.717) is 30.6 Å². The zero-order valence-corrected chi connectivity index (χ0v) is 27.5. The summed E-state index contributed by atoms with van der Waals surface area (Å²) in [7, 11) is 2.13. The molecule has 0 unspecified atom stereocenters. The van der Waals surface area contributed by atoms with Crippen LogP contribution in [0.4, 0.5) is 5.82 Å². The van der Waals surface area contributed by atoms with Crippen LogP contribution in [-0.4, -0.2) is 81.8 Å². The highest BCUT2D eigenvalue weighted by atomic mass is 16.2. The molecule has 2 N–H and O–H groups in total. The van der Waals surface area contributed by atoms with E-state index in [1.54, 1.807) is 0 Å². The molecule has 5 heterocycles. The maximum Gasteiger partial charge on any atom is 0.253 e. The SMILES string of the molecule is CCCc1cc(C)[nH]c(=O)c1CNC(=O)c1cc(-c2ccc(N3CCN(C)CC3)nc2)cc2c1ccn2CCCN1C(=O)CCC1=O. The molecular weight excluding hydrogens is 594 g/mol. The lowest BCUT2D eigenvalue weighted by Gasteiger charge is -2.33. The smallest absolute Gasteiger partial charge is 0.253 e. The number of rotatable bonds is 11. The van der Waals surface area contributed by atoms with Crippen molar-refractivity contribution in [1.29, 1.82) is 0 Å². The number of imide groups is 1. The highest BCUT2D eigenvalue weighted by Crippen LogP contribution is 2.30. The summed E-state index contributed by atoms with van der Waals surface area (Å²) in [6.07, 6.45) is 6.61. The van der Waals surface area contributed by atoms with Crippen molar-refractivity contribution in [3.05, 3.63) is 81.5 Å². The lowest BCUT2D eigenvalue weighted by Crippen LogP contribution is -2.44. The van der Waals surface area contributed by atoms with E-state index in [2.05, 4.69) is 44.7 Å². The second-order valence-corrected chi connectivity index (χ2v) is 12.7. The molecule has 47 heavy (non-hydrogen) atoms. The number of carbonyl (C=O) groups excluding carboxylic acids is 3. The van der Waals surface area contributed by atoms with Crippen LogP contribution >= 0.6 is 0 Å². The van der Waals surface area contributed by atoms with Crippen molar-refractivity contribution in [2.45, 2.75) is 59.0 Å². The Kier molecular flexibility index (Phi) is 9.53. The van der Waals surface area contributed by atoms with Crippen LogP contribution in [0.3, 0.4) is 0 Å². The van der Waals surface area contributed by atoms with Gasteiger partial charge in [0.2, 0.25) is 11.8 Å². The number of piperazine rings is 1. The summed E-state index contributed by atoms with van der Waals surface area (Å²) in [4.78, 5) is 64.6. The average molecular weight is 638 g/mol. The van der Waals surface area contributed by atoms with E-state index in [1.807, 2.05) is 49.6 Å². The number of H-pyrrole nitrogens is 1. The van der Waals surface area contributed by atoms with Crippen LogP contribution in [-0.2, 0) is 29.1 Å². The van der Waals surface area contributed by atoms with Crippen molar-refractivity contribution in [3.8, 4) is 11.1 Å². The fourth-order valence-electron chi connectivity index (χ4n) is 6.63. The van der Waals surface area contributed by atoms with Crippen molar-refractivity contribution in [2.75, 3.05) is 44.7 Å². The molecule has 2 saturated heterocycles. The third-order valence-corrected chi connectivity index (χ3v) is 9.29. The maximum atomic E-state index is 13.9. The molecule has 0 atom stereocenters. The molecule has 1 aromatic carbocycles. The van der Waals surface area contributed by atoms with Crippen molar-refractivity contribution in [2.24, 2.45) is 0 Å². The molecule has 246 valence electrons. The number of aromatic nitrogens is 3. The summed E-state index contributed by atoms with van der Waals surface area (Å²) in [5.41, 5.74) is 5.26. The Balaban J connectivity index is 1.30. The fraction of sp³-hybridized carbons (Fsp3) is 0.417. The molecule has 0 aliphatic carbocycles. The number of benzene rings is 1. The van der Waals surface area contributed by atoms with E-state index >= 15 is 0 Å². The van der Waals surface area contributed by atoms with Crippen molar-refractivity contribution in [1.82, 2.24) is 29.7 Å². The highest BCUT2D eigenvalue weighted by Gasteiger charge is 2.28. The predicted molar refractivity (Wildman–Crippen MR) is 182 cm³/mol. The lowest BCUT2D eigenvalue weighted by molar-refractivity contribution is -0.138. The number of likely N-dealkylation sites (tertiary alicyclic amines) is 1. The van der Waals surface area contributed by atoms with E-state index < -0.39 is 0 Å². The number of fused-ring (bicyclic) bond motifs is 1. The number of nitrogens with one attached hydrogen (secondary N) is 2. The summed E-state index contributed by atoms with van der Waals surface area (Å²) in [5.74, 6) is 0.431. The minimum atomic E-state index is -0.271. The molecule has 4 aromatic rings. The molecule has 0 saturated carbocycles. The van der Waals surface area contributed by atoms with E-state index in [4.69, 9.17) is 4.98 Å². The van der Waals surface area contributed by atoms with E-state index in [-0.39, 0.29) is 42.7 Å². The molecule has 11 nitrogen and oxygen atoms in total. The quantitative estimate of drug-likeness (QED) is 0.239. The first-order valence-electron chi connectivity index (χ1n) is 16.6. The van der Waals surface area contributed by atoms with E-state index in [1.165, 1.54) is 4.90 Å². The second kappa shape index (κ2) is 13.9. The summed E-state index contributed by atoms with van der Waals surface area (Å²) in [6.45, 7) is 8.82. The normalized spacial score (nSPS) is 15.6. The van der Waals surface area contributed by atoms with Gasteiger partial charge in [-0.05, 0) is 74.3 Å². The molecule has 2 aliphatic heterocycles. The van der Waals surface area contributed by atoms with Gasteiger partial charge in [0, 0.05) is 104 Å².